The topological polar surface area (TPSA) is 49.3 Å². The van der Waals surface area contributed by atoms with Crippen molar-refractivity contribution in [3.63, 3.8) is 0 Å². The Hall–Kier alpha value is 0.500. The Balaban J connectivity index is 2.85. The maximum atomic E-state index is 11.0. The Kier molecular flexibility index (Phi) is 2.66. The van der Waals surface area contributed by atoms with Crippen molar-refractivity contribution in [2.75, 3.05) is 0 Å². The summed E-state index contributed by atoms with van der Waals surface area (Å²) in [5.41, 5.74) is 0. The Bertz CT molecular complexity index is 217. The molecule has 1 aliphatic heterocycles. The van der Waals surface area contributed by atoms with E-state index in [9.17, 15) is 4.57 Å². The average molecular weight is 209 g/mol. The molecule has 1 fully saturated rings. The first-order valence-electron chi connectivity index (χ1n) is 3.95. The minimum atomic E-state index is -2.47. The standard InChI is InChI=1S/C7H16NO2PS/c1-6(2)5(11(9)10)8-7(3,4)12-6/h5,8,11H,1-4H3,(H,9,10). The molecule has 0 aromatic carbocycles. The van der Waals surface area contributed by atoms with Gasteiger partial charge in [0.05, 0.1) is 10.7 Å². The molecule has 1 aliphatic rings. The molecule has 2 atom stereocenters. The molecule has 0 radical (unpaired) electrons. The van der Waals surface area contributed by atoms with Gasteiger partial charge in [-0.3, -0.25) is 9.88 Å². The molecule has 0 amide bonds. The number of hydrogen-bond acceptors (Lipinski definition) is 3. The van der Waals surface area contributed by atoms with Crippen LogP contribution in [-0.2, 0) is 4.57 Å². The average Bonchev–Trinajstić information content (AvgIpc) is 1.99. The third-order valence-corrected chi connectivity index (χ3v) is 4.91. The van der Waals surface area contributed by atoms with Crippen LogP contribution in [0.5, 0.6) is 0 Å². The number of rotatable bonds is 1. The van der Waals surface area contributed by atoms with Crippen molar-refractivity contribution >= 4 is 19.8 Å². The second-order valence-electron chi connectivity index (χ2n) is 4.13. The molecular formula is C7H16NO2PS. The van der Waals surface area contributed by atoms with Gasteiger partial charge in [0, 0.05) is 4.75 Å². The van der Waals surface area contributed by atoms with Crippen molar-refractivity contribution in [3.8, 4) is 0 Å². The van der Waals surface area contributed by atoms with Gasteiger partial charge in [-0.05, 0) is 27.7 Å². The van der Waals surface area contributed by atoms with E-state index in [0.29, 0.717) is 0 Å². The van der Waals surface area contributed by atoms with E-state index in [1.54, 1.807) is 11.8 Å². The van der Waals surface area contributed by atoms with E-state index in [-0.39, 0.29) is 15.4 Å². The third-order valence-electron chi connectivity index (χ3n) is 1.95. The Morgan fingerprint density at radius 3 is 2.08 bits per heavy atom. The molecule has 72 valence electrons. The number of nitrogens with one attached hydrogen (secondary N) is 1. The van der Waals surface area contributed by atoms with Crippen LogP contribution in [0.25, 0.3) is 0 Å². The van der Waals surface area contributed by atoms with Crippen LogP contribution in [0.4, 0.5) is 0 Å². The SMILES string of the molecule is CC1(C)NC([PH](=O)O)C(C)(C)S1. The zero-order chi connectivity index (χ0) is 9.57. The zero-order valence-electron chi connectivity index (χ0n) is 7.84. The van der Waals surface area contributed by atoms with Crippen LogP contribution >= 0.6 is 19.8 Å². The third kappa shape index (κ3) is 2.05. The second-order valence-corrected chi connectivity index (χ2v) is 7.66. The summed E-state index contributed by atoms with van der Waals surface area (Å²) in [4.78, 5) is 9.00. The van der Waals surface area contributed by atoms with E-state index in [1.807, 2.05) is 27.7 Å². The van der Waals surface area contributed by atoms with Crippen LogP contribution < -0.4 is 5.32 Å². The molecule has 0 aliphatic carbocycles. The van der Waals surface area contributed by atoms with Crippen molar-refractivity contribution < 1.29 is 9.46 Å². The molecule has 0 aromatic heterocycles. The lowest BCUT2D eigenvalue weighted by molar-refractivity contribution is 0.437. The van der Waals surface area contributed by atoms with E-state index in [4.69, 9.17) is 4.89 Å². The van der Waals surface area contributed by atoms with E-state index in [0.717, 1.165) is 0 Å². The summed E-state index contributed by atoms with van der Waals surface area (Å²) in [6.07, 6.45) is 0. The van der Waals surface area contributed by atoms with Gasteiger partial charge in [-0.15, -0.1) is 11.8 Å². The van der Waals surface area contributed by atoms with Crippen molar-refractivity contribution in [1.82, 2.24) is 5.32 Å². The quantitative estimate of drug-likeness (QED) is 0.644. The van der Waals surface area contributed by atoms with Gasteiger partial charge in [0.15, 0.2) is 0 Å². The van der Waals surface area contributed by atoms with E-state index < -0.39 is 8.03 Å². The zero-order valence-corrected chi connectivity index (χ0v) is 9.66. The van der Waals surface area contributed by atoms with Crippen LogP contribution in [0.3, 0.4) is 0 Å². The maximum Gasteiger partial charge on any atom is 0.206 e. The number of hydrogen-bond donors (Lipinski definition) is 2. The molecule has 0 saturated carbocycles. The molecule has 1 heterocycles. The van der Waals surface area contributed by atoms with Gasteiger partial charge in [0.2, 0.25) is 8.03 Å². The van der Waals surface area contributed by atoms with Gasteiger partial charge in [-0.1, -0.05) is 0 Å². The first-order chi connectivity index (χ1) is 5.25. The maximum absolute atomic E-state index is 11.0. The largest absolute Gasteiger partial charge is 0.345 e. The number of thioether (sulfide) groups is 1. The lowest BCUT2D eigenvalue weighted by Crippen LogP contribution is -2.38. The fourth-order valence-corrected chi connectivity index (χ4v) is 4.96. The predicted molar refractivity (Wildman–Crippen MR) is 53.9 cm³/mol. The summed E-state index contributed by atoms with van der Waals surface area (Å²) in [5, 5.41) is 3.17. The molecular weight excluding hydrogens is 193 g/mol. The molecule has 0 spiro atoms. The van der Waals surface area contributed by atoms with Gasteiger partial charge in [0.1, 0.15) is 0 Å². The fourth-order valence-electron chi connectivity index (χ4n) is 1.63. The van der Waals surface area contributed by atoms with Crippen molar-refractivity contribution in [2.24, 2.45) is 0 Å². The molecule has 2 unspecified atom stereocenters. The molecule has 0 aromatic rings. The summed E-state index contributed by atoms with van der Waals surface area (Å²) in [7, 11) is -2.47. The smallest absolute Gasteiger partial charge is 0.206 e. The van der Waals surface area contributed by atoms with Crippen LogP contribution in [0.1, 0.15) is 27.7 Å². The highest BCUT2D eigenvalue weighted by molar-refractivity contribution is 8.02. The minimum absolute atomic E-state index is 0.0861. The van der Waals surface area contributed by atoms with Crippen molar-refractivity contribution in [2.45, 2.75) is 43.1 Å². The van der Waals surface area contributed by atoms with Gasteiger partial charge >= 0.3 is 0 Å². The fraction of sp³-hybridized carbons (Fsp3) is 1.00. The van der Waals surface area contributed by atoms with Crippen LogP contribution in [0.2, 0.25) is 0 Å². The molecule has 12 heavy (non-hydrogen) atoms. The Morgan fingerprint density at radius 2 is 1.92 bits per heavy atom. The lowest BCUT2D eigenvalue weighted by atomic mass is 10.2. The van der Waals surface area contributed by atoms with E-state index in [1.165, 1.54) is 0 Å². The highest BCUT2D eigenvalue weighted by Crippen LogP contribution is 2.50. The van der Waals surface area contributed by atoms with Crippen LogP contribution in [0, 0.1) is 0 Å². The molecule has 2 N–H and O–H groups in total. The molecule has 0 bridgehead atoms. The Morgan fingerprint density at radius 1 is 1.42 bits per heavy atom. The van der Waals surface area contributed by atoms with Gasteiger partial charge in [-0.25, -0.2) is 0 Å². The van der Waals surface area contributed by atoms with Crippen molar-refractivity contribution in [1.29, 1.82) is 0 Å². The lowest BCUT2D eigenvalue weighted by Gasteiger charge is -2.22. The molecule has 5 heteroatoms. The minimum Gasteiger partial charge on any atom is -0.345 e. The summed E-state index contributed by atoms with van der Waals surface area (Å²) in [5.74, 6) is -0.262. The van der Waals surface area contributed by atoms with Gasteiger partial charge in [-0.2, -0.15) is 0 Å². The highest BCUT2D eigenvalue weighted by atomic mass is 32.2. The van der Waals surface area contributed by atoms with E-state index >= 15 is 0 Å². The van der Waals surface area contributed by atoms with Gasteiger partial charge in [0.25, 0.3) is 0 Å². The molecule has 1 saturated heterocycles. The Labute approximate surface area is 78.2 Å². The monoisotopic (exact) mass is 209 g/mol. The summed E-state index contributed by atoms with van der Waals surface area (Å²) >= 11 is 1.72. The molecule has 1 rings (SSSR count). The first kappa shape index (κ1) is 10.6. The summed E-state index contributed by atoms with van der Waals surface area (Å²) in [6, 6.07) is 0. The second kappa shape index (κ2) is 3.02. The highest BCUT2D eigenvalue weighted by Gasteiger charge is 2.47. The predicted octanol–water partition coefficient (Wildman–Crippen LogP) is 1.63. The summed E-state index contributed by atoms with van der Waals surface area (Å²) in [6.45, 7) is 8.07. The van der Waals surface area contributed by atoms with Gasteiger partial charge < -0.3 is 4.89 Å². The van der Waals surface area contributed by atoms with Crippen LogP contribution in [-0.4, -0.2) is 20.3 Å². The summed E-state index contributed by atoms with van der Waals surface area (Å²) < 4.78 is 10.9. The van der Waals surface area contributed by atoms with Crippen molar-refractivity contribution in [3.05, 3.63) is 0 Å². The molecule has 3 nitrogen and oxygen atoms in total. The first-order valence-corrected chi connectivity index (χ1v) is 6.20. The normalized spacial score (nSPS) is 34.9. The van der Waals surface area contributed by atoms with E-state index in [2.05, 4.69) is 5.32 Å². The van der Waals surface area contributed by atoms with Crippen LogP contribution in [0.15, 0.2) is 0 Å².